The van der Waals surface area contributed by atoms with Crippen LogP contribution in [0.25, 0.3) is 0 Å². The Labute approximate surface area is 113 Å². The van der Waals surface area contributed by atoms with Crippen molar-refractivity contribution < 1.29 is 0 Å². The van der Waals surface area contributed by atoms with E-state index >= 15 is 0 Å². The predicted octanol–water partition coefficient (Wildman–Crippen LogP) is 3.26. The molecule has 2 aliphatic rings. The van der Waals surface area contributed by atoms with Crippen LogP contribution in [0.4, 0.5) is 0 Å². The zero-order valence-corrected chi connectivity index (χ0v) is 12.6. The second-order valence-corrected chi connectivity index (χ2v) is 7.18. The van der Waals surface area contributed by atoms with Crippen LogP contribution < -0.4 is 5.73 Å². The molecule has 1 saturated heterocycles. The summed E-state index contributed by atoms with van der Waals surface area (Å²) >= 11 is 0. The van der Waals surface area contributed by atoms with Crippen LogP contribution in [0.1, 0.15) is 59.3 Å². The summed E-state index contributed by atoms with van der Waals surface area (Å²) in [5, 5.41) is 0. The number of nitrogens with zero attached hydrogens (tertiary/aromatic N) is 1. The quantitative estimate of drug-likeness (QED) is 0.835. The van der Waals surface area contributed by atoms with Crippen molar-refractivity contribution in [3.63, 3.8) is 0 Å². The lowest BCUT2D eigenvalue weighted by molar-refractivity contribution is 0.0120. The lowest BCUT2D eigenvalue weighted by Crippen LogP contribution is -2.58. The highest BCUT2D eigenvalue weighted by Crippen LogP contribution is 2.40. The molecule has 0 bridgehead atoms. The normalized spacial score (nSPS) is 36.2. The number of piperidine rings is 1. The van der Waals surface area contributed by atoms with Gasteiger partial charge in [-0.2, -0.15) is 0 Å². The number of hydrogen-bond donors (Lipinski definition) is 1. The minimum atomic E-state index is 0.353. The lowest BCUT2D eigenvalue weighted by Gasteiger charge is -2.50. The van der Waals surface area contributed by atoms with Crippen LogP contribution in [0.2, 0.25) is 0 Å². The molecule has 0 radical (unpaired) electrons. The van der Waals surface area contributed by atoms with Crippen molar-refractivity contribution in [2.24, 2.45) is 23.5 Å². The first-order valence-electron chi connectivity index (χ1n) is 8.02. The molecular formula is C16H32N2. The van der Waals surface area contributed by atoms with E-state index in [-0.39, 0.29) is 0 Å². The highest BCUT2D eigenvalue weighted by molar-refractivity contribution is 4.97. The molecule has 18 heavy (non-hydrogen) atoms. The van der Waals surface area contributed by atoms with E-state index in [4.69, 9.17) is 5.73 Å². The maximum atomic E-state index is 6.18. The van der Waals surface area contributed by atoms with Crippen LogP contribution in [0, 0.1) is 17.8 Å². The lowest BCUT2D eigenvalue weighted by atomic mass is 9.71. The van der Waals surface area contributed by atoms with E-state index in [0.717, 1.165) is 24.3 Å². The van der Waals surface area contributed by atoms with Gasteiger partial charge in [0.1, 0.15) is 0 Å². The molecular weight excluding hydrogens is 220 g/mol. The molecule has 0 unspecified atom stereocenters. The van der Waals surface area contributed by atoms with E-state index in [2.05, 4.69) is 25.7 Å². The number of nitrogens with two attached hydrogens (primary N) is 1. The largest absolute Gasteiger partial charge is 0.329 e. The molecule has 2 nitrogen and oxygen atoms in total. The van der Waals surface area contributed by atoms with E-state index in [9.17, 15) is 0 Å². The van der Waals surface area contributed by atoms with Crippen molar-refractivity contribution in [3.8, 4) is 0 Å². The zero-order valence-electron chi connectivity index (χ0n) is 12.6. The number of rotatable bonds is 3. The van der Waals surface area contributed by atoms with Gasteiger partial charge in [-0.25, -0.2) is 0 Å². The first kappa shape index (κ1) is 14.3. The highest BCUT2D eigenvalue weighted by Gasteiger charge is 2.40. The van der Waals surface area contributed by atoms with Crippen molar-refractivity contribution in [3.05, 3.63) is 0 Å². The van der Waals surface area contributed by atoms with Crippen molar-refractivity contribution >= 4 is 0 Å². The number of likely N-dealkylation sites (tertiary alicyclic amines) is 1. The maximum absolute atomic E-state index is 6.18. The Morgan fingerprint density at radius 3 is 2.11 bits per heavy atom. The second kappa shape index (κ2) is 5.92. The van der Waals surface area contributed by atoms with Crippen LogP contribution in [0.15, 0.2) is 0 Å². The van der Waals surface area contributed by atoms with Crippen LogP contribution >= 0.6 is 0 Å². The molecule has 1 aliphatic heterocycles. The fourth-order valence-electron chi connectivity index (χ4n) is 3.98. The summed E-state index contributed by atoms with van der Waals surface area (Å²) in [5.41, 5.74) is 6.54. The summed E-state index contributed by atoms with van der Waals surface area (Å²) in [4.78, 5) is 2.74. The first-order chi connectivity index (χ1) is 8.57. The van der Waals surface area contributed by atoms with Crippen LogP contribution in [0.5, 0.6) is 0 Å². The Kier molecular flexibility index (Phi) is 4.71. The average molecular weight is 252 g/mol. The maximum Gasteiger partial charge on any atom is 0.0331 e. The van der Waals surface area contributed by atoms with Gasteiger partial charge in [-0.3, -0.25) is 4.90 Å². The molecule has 0 aromatic rings. The molecule has 0 aromatic heterocycles. The SMILES string of the molecule is CC1CCN(C2(CN)CCC(C(C)C)CC2)CC1. The molecule has 1 heterocycles. The van der Waals surface area contributed by atoms with Crippen LogP contribution in [-0.2, 0) is 0 Å². The summed E-state index contributed by atoms with van der Waals surface area (Å²) in [6, 6.07) is 0. The molecule has 0 spiro atoms. The van der Waals surface area contributed by atoms with Gasteiger partial charge in [0.25, 0.3) is 0 Å². The monoisotopic (exact) mass is 252 g/mol. The molecule has 0 aromatic carbocycles. The Balaban J connectivity index is 1.95. The second-order valence-electron chi connectivity index (χ2n) is 7.18. The Morgan fingerprint density at radius 1 is 1.11 bits per heavy atom. The third-order valence-corrected chi connectivity index (χ3v) is 5.74. The van der Waals surface area contributed by atoms with Crippen LogP contribution in [-0.4, -0.2) is 30.1 Å². The predicted molar refractivity (Wildman–Crippen MR) is 78.6 cm³/mol. The minimum absolute atomic E-state index is 0.353. The third kappa shape index (κ3) is 2.91. The van der Waals surface area contributed by atoms with Crippen LogP contribution in [0.3, 0.4) is 0 Å². The molecule has 2 heteroatoms. The van der Waals surface area contributed by atoms with Gasteiger partial charge in [0.15, 0.2) is 0 Å². The van der Waals surface area contributed by atoms with Gasteiger partial charge >= 0.3 is 0 Å². The molecule has 2 fully saturated rings. The molecule has 106 valence electrons. The van der Waals surface area contributed by atoms with E-state index in [1.165, 1.54) is 51.6 Å². The third-order valence-electron chi connectivity index (χ3n) is 5.74. The Bertz CT molecular complexity index is 246. The minimum Gasteiger partial charge on any atom is -0.329 e. The van der Waals surface area contributed by atoms with Gasteiger partial charge < -0.3 is 5.73 Å². The fourth-order valence-corrected chi connectivity index (χ4v) is 3.98. The molecule has 0 atom stereocenters. The Hall–Kier alpha value is -0.0800. The van der Waals surface area contributed by atoms with E-state index < -0.39 is 0 Å². The van der Waals surface area contributed by atoms with Gasteiger partial charge in [0.2, 0.25) is 0 Å². The van der Waals surface area contributed by atoms with Gasteiger partial charge in [-0.15, -0.1) is 0 Å². The average Bonchev–Trinajstić information content (AvgIpc) is 2.39. The molecule has 1 saturated carbocycles. The standard InChI is InChI=1S/C16H32N2/c1-13(2)15-4-8-16(12-17,9-5-15)18-10-6-14(3)7-11-18/h13-15H,4-12,17H2,1-3H3. The van der Waals surface area contributed by atoms with Gasteiger partial charge in [0, 0.05) is 12.1 Å². The summed E-state index contributed by atoms with van der Waals surface area (Å²) < 4.78 is 0. The van der Waals surface area contributed by atoms with Crippen molar-refractivity contribution in [1.82, 2.24) is 4.90 Å². The first-order valence-corrected chi connectivity index (χ1v) is 8.02. The molecule has 2 N–H and O–H groups in total. The summed E-state index contributed by atoms with van der Waals surface area (Å²) in [7, 11) is 0. The summed E-state index contributed by atoms with van der Waals surface area (Å²) in [5.74, 6) is 2.71. The highest BCUT2D eigenvalue weighted by atomic mass is 15.2. The fraction of sp³-hybridized carbons (Fsp3) is 1.00. The van der Waals surface area contributed by atoms with E-state index in [0.29, 0.717) is 5.54 Å². The van der Waals surface area contributed by atoms with E-state index in [1.807, 2.05) is 0 Å². The van der Waals surface area contributed by atoms with Gasteiger partial charge in [0.05, 0.1) is 0 Å². The summed E-state index contributed by atoms with van der Waals surface area (Å²) in [6.07, 6.45) is 8.19. The zero-order chi connectivity index (χ0) is 13.2. The van der Waals surface area contributed by atoms with Gasteiger partial charge in [-0.05, 0) is 69.4 Å². The molecule has 1 aliphatic carbocycles. The van der Waals surface area contributed by atoms with Gasteiger partial charge in [-0.1, -0.05) is 20.8 Å². The van der Waals surface area contributed by atoms with Crippen molar-refractivity contribution in [2.75, 3.05) is 19.6 Å². The topological polar surface area (TPSA) is 29.3 Å². The van der Waals surface area contributed by atoms with Crippen molar-refractivity contribution in [2.45, 2.75) is 64.8 Å². The van der Waals surface area contributed by atoms with E-state index in [1.54, 1.807) is 0 Å². The number of hydrogen-bond acceptors (Lipinski definition) is 2. The summed E-state index contributed by atoms with van der Waals surface area (Å²) in [6.45, 7) is 10.6. The Morgan fingerprint density at radius 2 is 1.67 bits per heavy atom. The molecule has 2 rings (SSSR count). The van der Waals surface area contributed by atoms with Crippen molar-refractivity contribution in [1.29, 1.82) is 0 Å². The smallest absolute Gasteiger partial charge is 0.0331 e. The molecule has 0 amide bonds.